The largest absolute Gasteiger partial charge is 0.439 e. The molecule has 5 rings (SSSR count). The second kappa shape index (κ2) is 8.64. The molecule has 0 spiro atoms. The lowest BCUT2D eigenvalue weighted by atomic mass is 9.98. The Bertz CT molecular complexity index is 1610. The van der Waals surface area contributed by atoms with Gasteiger partial charge < -0.3 is 4.74 Å². The van der Waals surface area contributed by atoms with E-state index >= 15 is 0 Å². The van der Waals surface area contributed by atoms with Crippen molar-refractivity contribution < 1.29 is 17.9 Å². The molecule has 0 saturated heterocycles. The first kappa shape index (κ1) is 23.8. The number of rotatable bonds is 6. The van der Waals surface area contributed by atoms with Gasteiger partial charge in [-0.2, -0.15) is 18.4 Å². The third-order valence-electron chi connectivity index (χ3n) is 6.28. The molecular formula is C25H19F3N4O3S. The highest BCUT2D eigenvalue weighted by molar-refractivity contribution is 7.22. The summed E-state index contributed by atoms with van der Waals surface area (Å²) in [5.41, 5.74) is 0.258. The minimum Gasteiger partial charge on any atom is -0.439 e. The lowest BCUT2D eigenvalue weighted by Crippen LogP contribution is -2.31. The van der Waals surface area contributed by atoms with Crippen molar-refractivity contribution in [3.05, 3.63) is 74.6 Å². The predicted molar refractivity (Wildman–Crippen MR) is 128 cm³/mol. The molecule has 1 fully saturated rings. The van der Waals surface area contributed by atoms with Gasteiger partial charge in [-0.3, -0.25) is 14.3 Å². The van der Waals surface area contributed by atoms with Gasteiger partial charge in [-0.05, 0) is 49.1 Å². The summed E-state index contributed by atoms with van der Waals surface area (Å²) in [4.78, 5) is 31.9. The van der Waals surface area contributed by atoms with Crippen molar-refractivity contribution in [1.82, 2.24) is 14.5 Å². The fourth-order valence-electron chi connectivity index (χ4n) is 4.12. The van der Waals surface area contributed by atoms with Crippen LogP contribution < -0.4 is 16.0 Å². The lowest BCUT2D eigenvalue weighted by molar-refractivity contribution is -0.136. The summed E-state index contributed by atoms with van der Waals surface area (Å²) in [5.74, 6) is 0.887. The number of nitrogens with zero attached hydrogens (tertiary/aromatic N) is 3. The first-order valence-electron chi connectivity index (χ1n) is 11.1. The fraction of sp³-hybridized carbons (Fsp3) is 0.280. The van der Waals surface area contributed by atoms with Crippen molar-refractivity contribution in [1.29, 1.82) is 5.26 Å². The zero-order chi connectivity index (χ0) is 25.7. The number of hydrogen-bond acceptors (Lipinski definition) is 6. The van der Waals surface area contributed by atoms with Gasteiger partial charge in [-0.25, -0.2) is 9.78 Å². The summed E-state index contributed by atoms with van der Waals surface area (Å²) in [6, 6.07) is 13.0. The average molecular weight is 513 g/mol. The summed E-state index contributed by atoms with van der Waals surface area (Å²) in [6.07, 6.45) is -2.37. The molecule has 0 radical (unpaired) electrons. The fourth-order valence-corrected chi connectivity index (χ4v) is 5.44. The highest BCUT2D eigenvalue weighted by Gasteiger charge is 2.44. The maximum atomic E-state index is 12.8. The van der Waals surface area contributed by atoms with Gasteiger partial charge in [0.05, 0.1) is 23.3 Å². The smallest absolute Gasteiger partial charge is 0.390 e. The van der Waals surface area contributed by atoms with Crippen LogP contribution in [-0.4, -0.2) is 20.7 Å². The molecule has 0 bridgehead atoms. The Hall–Kier alpha value is -3.91. The molecule has 1 aromatic carbocycles. The molecule has 7 nitrogen and oxygen atoms in total. The van der Waals surface area contributed by atoms with Crippen LogP contribution in [0.25, 0.3) is 20.7 Å². The molecule has 3 aromatic heterocycles. The Labute approximate surface area is 206 Å². The second-order valence-corrected chi connectivity index (χ2v) is 9.72. The van der Waals surface area contributed by atoms with E-state index < -0.39 is 30.4 Å². The van der Waals surface area contributed by atoms with E-state index in [4.69, 9.17) is 4.74 Å². The van der Waals surface area contributed by atoms with Crippen LogP contribution in [0.15, 0.2) is 52.2 Å². The van der Waals surface area contributed by atoms with Crippen molar-refractivity contribution >= 4 is 21.6 Å². The van der Waals surface area contributed by atoms with E-state index in [1.54, 1.807) is 37.4 Å². The van der Waals surface area contributed by atoms with Crippen LogP contribution >= 0.6 is 11.3 Å². The van der Waals surface area contributed by atoms with Gasteiger partial charge in [0.15, 0.2) is 0 Å². The van der Waals surface area contributed by atoms with Crippen LogP contribution in [0.5, 0.6) is 11.6 Å². The Morgan fingerprint density at radius 1 is 1.19 bits per heavy atom. The molecule has 1 saturated carbocycles. The number of alkyl halides is 3. The van der Waals surface area contributed by atoms with E-state index in [1.807, 2.05) is 12.1 Å². The summed E-state index contributed by atoms with van der Waals surface area (Å²) in [6.45, 7) is 1.09. The summed E-state index contributed by atoms with van der Waals surface area (Å²) in [7, 11) is 0. The second-order valence-electron chi connectivity index (χ2n) is 8.72. The number of aromatic nitrogens is 3. The number of thiophene rings is 1. The molecule has 11 heteroatoms. The van der Waals surface area contributed by atoms with Crippen molar-refractivity contribution in [3.8, 4) is 28.1 Å². The van der Waals surface area contributed by atoms with E-state index in [0.29, 0.717) is 27.6 Å². The predicted octanol–water partition coefficient (Wildman–Crippen LogP) is 5.42. The number of H-pyrrole nitrogens is 1. The maximum Gasteiger partial charge on any atom is 0.390 e. The van der Waals surface area contributed by atoms with Crippen molar-refractivity contribution in [3.63, 3.8) is 0 Å². The van der Waals surface area contributed by atoms with Gasteiger partial charge in [0.1, 0.15) is 10.6 Å². The third-order valence-corrected chi connectivity index (χ3v) is 7.64. The molecule has 184 valence electrons. The highest BCUT2D eigenvalue weighted by Crippen LogP contribution is 2.47. The van der Waals surface area contributed by atoms with E-state index in [2.05, 4.69) is 16.0 Å². The molecule has 1 aliphatic carbocycles. The lowest BCUT2D eigenvalue weighted by Gasteiger charge is -2.09. The van der Waals surface area contributed by atoms with Gasteiger partial charge in [0.25, 0.3) is 5.56 Å². The Kier molecular flexibility index (Phi) is 5.71. The van der Waals surface area contributed by atoms with Crippen LogP contribution in [0.2, 0.25) is 0 Å². The Morgan fingerprint density at radius 2 is 1.92 bits per heavy atom. The van der Waals surface area contributed by atoms with Gasteiger partial charge in [0, 0.05) is 29.2 Å². The first-order valence-corrected chi connectivity index (χ1v) is 11.9. The van der Waals surface area contributed by atoms with Crippen molar-refractivity contribution in [2.45, 2.75) is 44.3 Å². The molecular weight excluding hydrogens is 493 g/mol. The highest BCUT2D eigenvalue weighted by atomic mass is 32.1. The Morgan fingerprint density at radius 3 is 2.50 bits per heavy atom. The van der Waals surface area contributed by atoms with Gasteiger partial charge in [0.2, 0.25) is 5.88 Å². The number of halogens is 3. The van der Waals surface area contributed by atoms with E-state index in [-0.39, 0.29) is 15.6 Å². The zero-order valence-corrected chi connectivity index (χ0v) is 19.8. The van der Waals surface area contributed by atoms with Crippen LogP contribution in [0.4, 0.5) is 13.2 Å². The van der Waals surface area contributed by atoms with Crippen molar-refractivity contribution in [2.24, 2.45) is 0 Å². The standard InChI is InChI=1S/C25H19F3N4O3S/c1-14-19-21(33)31-23(34)32(11-10-25(26,27)28)22(19)36-20(14)15-2-7-18(30-12-15)35-17-5-3-16(4-6-17)24(13-29)8-9-24/h2-7,12H,8-11H2,1H3,(H,31,33,34). The summed E-state index contributed by atoms with van der Waals surface area (Å²) >= 11 is 1.07. The SMILES string of the molecule is Cc1c(-c2ccc(Oc3ccc(C4(C#N)CC4)cc3)nc2)sc2c1c(=O)[nH]c(=O)n2CCC(F)(F)F. The molecule has 0 atom stereocenters. The van der Waals surface area contributed by atoms with Crippen LogP contribution in [0.3, 0.4) is 0 Å². The van der Waals surface area contributed by atoms with Crippen molar-refractivity contribution in [2.75, 3.05) is 0 Å². The number of pyridine rings is 1. The average Bonchev–Trinajstić information content (AvgIpc) is 3.56. The van der Waals surface area contributed by atoms with Gasteiger partial charge >= 0.3 is 11.9 Å². The number of nitrogens with one attached hydrogen (secondary N) is 1. The van der Waals surface area contributed by atoms with E-state index in [9.17, 15) is 28.0 Å². The number of aromatic amines is 1. The number of hydrogen-bond donors (Lipinski definition) is 1. The molecule has 3 heterocycles. The minimum absolute atomic E-state index is 0.183. The molecule has 0 amide bonds. The molecule has 1 aliphatic rings. The Balaban J connectivity index is 1.42. The number of nitriles is 1. The zero-order valence-electron chi connectivity index (χ0n) is 19.0. The van der Waals surface area contributed by atoms with Gasteiger partial charge in [-0.1, -0.05) is 12.1 Å². The van der Waals surface area contributed by atoms with E-state index in [1.165, 1.54) is 0 Å². The number of benzene rings is 1. The molecule has 36 heavy (non-hydrogen) atoms. The molecule has 0 aliphatic heterocycles. The molecule has 0 unspecified atom stereocenters. The van der Waals surface area contributed by atoms with Crippen LogP contribution in [-0.2, 0) is 12.0 Å². The van der Waals surface area contributed by atoms with Crippen LogP contribution in [0, 0.1) is 18.3 Å². The minimum atomic E-state index is -4.44. The number of ether oxygens (including phenoxy) is 1. The van der Waals surface area contributed by atoms with E-state index in [0.717, 1.165) is 34.3 Å². The first-order chi connectivity index (χ1) is 17.1. The maximum absolute atomic E-state index is 12.8. The quantitative estimate of drug-likeness (QED) is 0.372. The molecule has 1 N–H and O–H groups in total. The summed E-state index contributed by atoms with van der Waals surface area (Å²) in [5, 5.41) is 9.51. The normalized spacial score (nSPS) is 14.5. The van der Waals surface area contributed by atoms with Gasteiger partial charge in [-0.15, -0.1) is 11.3 Å². The number of fused-ring (bicyclic) bond motifs is 1. The third kappa shape index (κ3) is 4.40. The summed E-state index contributed by atoms with van der Waals surface area (Å²) < 4.78 is 45.1. The van der Waals surface area contributed by atoms with Crippen LogP contribution in [0.1, 0.15) is 30.4 Å². The topological polar surface area (TPSA) is 101 Å². The monoisotopic (exact) mass is 512 g/mol. The number of aryl methyl sites for hydroxylation is 2. The molecule has 4 aromatic rings.